The van der Waals surface area contributed by atoms with Crippen LogP contribution in [-0.2, 0) is 21.3 Å². The lowest BCUT2D eigenvalue weighted by molar-refractivity contribution is 0.124. The highest BCUT2D eigenvalue weighted by molar-refractivity contribution is 7.89. The third-order valence-electron chi connectivity index (χ3n) is 5.11. The summed E-state index contributed by atoms with van der Waals surface area (Å²) in [7, 11) is -1.95. The molecule has 3 N–H and O–H groups in total. The molecule has 1 aliphatic rings. The largest absolute Gasteiger partial charge is 0.384 e. The first-order valence-corrected chi connectivity index (χ1v) is 11.5. The Morgan fingerprint density at radius 3 is 2.70 bits per heavy atom. The van der Waals surface area contributed by atoms with Gasteiger partial charge in [-0.15, -0.1) is 0 Å². The lowest BCUT2D eigenvalue weighted by Crippen LogP contribution is -2.39. The van der Waals surface area contributed by atoms with Gasteiger partial charge < -0.3 is 15.4 Å². The monoisotopic (exact) mass is 432 g/mol. The van der Waals surface area contributed by atoms with Gasteiger partial charge in [0.2, 0.25) is 10.0 Å². The van der Waals surface area contributed by atoms with Crippen molar-refractivity contribution in [2.75, 3.05) is 19.0 Å². The summed E-state index contributed by atoms with van der Waals surface area (Å²) in [5.74, 6) is 0.383. The molecule has 1 aliphatic carbocycles. The van der Waals surface area contributed by atoms with Crippen LogP contribution in [0.25, 0.3) is 0 Å². The number of hydrogen-bond donors (Lipinski definition) is 3. The highest BCUT2D eigenvalue weighted by Gasteiger charge is 2.26. The Bertz CT molecular complexity index is 918. The minimum Gasteiger partial charge on any atom is -0.384 e. The number of nitrogens with zero attached hydrogens (tertiary/aromatic N) is 1. The molecule has 0 spiro atoms. The average molecular weight is 433 g/mol. The first-order valence-electron chi connectivity index (χ1n) is 10.0. The fraction of sp³-hybridized carbons (Fsp3) is 0.429. The van der Waals surface area contributed by atoms with Gasteiger partial charge in [0.25, 0.3) is 0 Å². The molecule has 9 heteroatoms. The Kier molecular flexibility index (Phi) is 7.78. The molecule has 162 valence electrons. The summed E-state index contributed by atoms with van der Waals surface area (Å²) >= 11 is 0. The lowest BCUT2D eigenvalue weighted by Gasteiger charge is -2.29. The smallest absolute Gasteiger partial charge is 0.319 e. The first-order chi connectivity index (χ1) is 14.5. The standard InChI is InChI=1S/C21H28N4O4S/c1-29-15-16-4-2-6-19(12-16)25-30(27,28)20-9-7-18(8-10-20)24-21(26)23-14-17-5-3-11-22-13-17/h3,5,7-11,13,16,19,25H,2,4,6,12,14-15H2,1H3,(H2,23,24,26). The number of carbonyl (C=O) groups excluding carboxylic acids is 1. The number of aromatic nitrogens is 1. The molecule has 30 heavy (non-hydrogen) atoms. The summed E-state index contributed by atoms with van der Waals surface area (Å²) in [6.45, 7) is 1.00. The minimum absolute atomic E-state index is 0.0834. The Labute approximate surface area is 177 Å². The van der Waals surface area contributed by atoms with Crippen LogP contribution < -0.4 is 15.4 Å². The van der Waals surface area contributed by atoms with Gasteiger partial charge in [-0.2, -0.15) is 0 Å². The van der Waals surface area contributed by atoms with E-state index in [4.69, 9.17) is 4.74 Å². The summed E-state index contributed by atoms with van der Waals surface area (Å²) in [6, 6.07) is 9.35. The Morgan fingerprint density at radius 2 is 2.00 bits per heavy atom. The molecular formula is C21H28N4O4S. The normalized spacial score (nSPS) is 19.2. The number of carbonyl (C=O) groups is 1. The highest BCUT2D eigenvalue weighted by Crippen LogP contribution is 2.26. The van der Waals surface area contributed by atoms with Gasteiger partial charge in [0, 0.05) is 44.4 Å². The van der Waals surface area contributed by atoms with Crippen molar-refractivity contribution in [1.82, 2.24) is 15.0 Å². The highest BCUT2D eigenvalue weighted by atomic mass is 32.2. The number of urea groups is 1. The van der Waals surface area contributed by atoms with Crippen LogP contribution in [0, 0.1) is 5.92 Å². The van der Waals surface area contributed by atoms with E-state index in [2.05, 4.69) is 20.3 Å². The molecule has 2 aromatic rings. The van der Waals surface area contributed by atoms with Crippen LogP contribution in [0.1, 0.15) is 31.2 Å². The SMILES string of the molecule is COCC1CCCC(NS(=O)(=O)c2ccc(NC(=O)NCc3cccnc3)cc2)C1. The van der Waals surface area contributed by atoms with E-state index in [1.165, 1.54) is 12.1 Å². The van der Waals surface area contributed by atoms with Gasteiger partial charge in [0.15, 0.2) is 0 Å². The van der Waals surface area contributed by atoms with Crippen molar-refractivity contribution in [2.45, 2.75) is 43.2 Å². The predicted molar refractivity (Wildman–Crippen MR) is 114 cm³/mol. The van der Waals surface area contributed by atoms with Gasteiger partial charge in [-0.05, 0) is 61.1 Å². The minimum atomic E-state index is -3.62. The molecular weight excluding hydrogens is 404 g/mol. The van der Waals surface area contributed by atoms with Crippen LogP contribution in [0.4, 0.5) is 10.5 Å². The fourth-order valence-electron chi connectivity index (χ4n) is 3.65. The first kappa shape index (κ1) is 22.2. The summed E-state index contributed by atoms with van der Waals surface area (Å²) < 4.78 is 33.4. The van der Waals surface area contributed by atoms with Crippen molar-refractivity contribution < 1.29 is 17.9 Å². The molecule has 1 saturated carbocycles. The summed E-state index contributed by atoms with van der Waals surface area (Å²) in [5.41, 5.74) is 1.39. The molecule has 8 nitrogen and oxygen atoms in total. The molecule has 2 amide bonds. The summed E-state index contributed by atoms with van der Waals surface area (Å²) in [6.07, 6.45) is 7.00. The van der Waals surface area contributed by atoms with Crippen LogP contribution in [0.5, 0.6) is 0 Å². The number of amides is 2. The predicted octanol–water partition coefficient (Wildman–Crippen LogP) is 2.89. The van der Waals surface area contributed by atoms with Crippen molar-refractivity contribution in [3.8, 4) is 0 Å². The maximum absolute atomic E-state index is 12.7. The van der Waals surface area contributed by atoms with Crippen molar-refractivity contribution in [1.29, 1.82) is 0 Å². The van der Waals surface area contributed by atoms with Crippen molar-refractivity contribution >= 4 is 21.7 Å². The zero-order chi connectivity index (χ0) is 21.4. The third kappa shape index (κ3) is 6.51. The molecule has 2 unspecified atom stereocenters. The Morgan fingerprint density at radius 1 is 1.20 bits per heavy atom. The van der Waals surface area contributed by atoms with E-state index in [-0.39, 0.29) is 17.0 Å². The molecule has 0 radical (unpaired) electrons. The number of methoxy groups -OCH3 is 1. The van der Waals surface area contributed by atoms with Crippen molar-refractivity contribution in [3.63, 3.8) is 0 Å². The number of benzene rings is 1. The molecule has 3 rings (SSSR count). The van der Waals surface area contributed by atoms with Crippen LogP contribution in [-0.4, -0.2) is 39.2 Å². The Hall–Kier alpha value is -2.49. The van der Waals surface area contributed by atoms with Gasteiger partial charge in [-0.3, -0.25) is 4.98 Å². The topological polar surface area (TPSA) is 109 Å². The van der Waals surface area contributed by atoms with E-state index in [1.54, 1.807) is 37.7 Å². The average Bonchev–Trinajstić information content (AvgIpc) is 2.74. The van der Waals surface area contributed by atoms with E-state index in [9.17, 15) is 13.2 Å². The second-order valence-electron chi connectivity index (χ2n) is 7.50. The maximum atomic E-state index is 12.7. The molecule has 0 bridgehead atoms. The van der Waals surface area contributed by atoms with Crippen molar-refractivity contribution in [2.24, 2.45) is 5.92 Å². The van der Waals surface area contributed by atoms with Crippen LogP contribution in [0.2, 0.25) is 0 Å². The number of pyridine rings is 1. The molecule has 1 fully saturated rings. The van der Waals surface area contributed by atoms with E-state index in [1.807, 2.05) is 6.07 Å². The fourth-order valence-corrected chi connectivity index (χ4v) is 4.93. The lowest BCUT2D eigenvalue weighted by atomic mass is 9.87. The second-order valence-corrected chi connectivity index (χ2v) is 9.21. The maximum Gasteiger partial charge on any atom is 0.319 e. The molecule has 0 saturated heterocycles. The number of rotatable bonds is 8. The second kappa shape index (κ2) is 10.5. The number of hydrogen-bond acceptors (Lipinski definition) is 5. The quantitative estimate of drug-likeness (QED) is 0.594. The molecule has 1 aromatic carbocycles. The van der Waals surface area contributed by atoms with Crippen LogP contribution >= 0.6 is 0 Å². The van der Waals surface area contributed by atoms with E-state index in [0.717, 1.165) is 31.2 Å². The number of nitrogens with one attached hydrogen (secondary N) is 3. The van der Waals surface area contributed by atoms with E-state index >= 15 is 0 Å². The molecule has 1 heterocycles. The zero-order valence-electron chi connectivity index (χ0n) is 17.0. The van der Waals surface area contributed by atoms with E-state index in [0.29, 0.717) is 24.8 Å². The van der Waals surface area contributed by atoms with Gasteiger partial charge in [-0.1, -0.05) is 12.5 Å². The van der Waals surface area contributed by atoms with Gasteiger partial charge >= 0.3 is 6.03 Å². The summed E-state index contributed by atoms with van der Waals surface area (Å²) in [4.78, 5) is 16.2. The third-order valence-corrected chi connectivity index (χ3v) is 6.64. The van der Waals surface area contributed by atoms with Gasteiger partial charge in [-0.25, -0.2) is 17.9 Å². The molecule has 0 aliphatic heterocycles. The van der Waals surface area contributed by atoms with Gasteiger partial charge in [0.1, 0.15) is 0 Å². The summed E-state index contributed by atoms with van der Waals surface area (Å²) in [5, 5.41) is 5.42. The zero-order valence-corrected chi connectivity index (χ0v) is 17.8. The number of anilines is 1. The molecule has 2 atom stereocenters. The van der Waals surface area contributed by atoms with E-state index < -0.39 is 10.0 Å². The number of sulfonamides is 1. The van der Waals surface area contributed by atoms with Crippen LogP contribution in [0.3, 0.4) is 0 Å². The van der Waals surface area contributed by atoms with Gasteiger partial charge in [0.05, 0.1) is 4.90 Å². The van der Waals surface area contributed by atoms with Crippen LogP contribution in [0.15, 0.2) is 53.7 Å². The van der Waals surface area contributed by atoms with Crippen molar-refractivity contribution in [3.05, 3.63) is 54.4 Å². The number of ether oxygens (including phenoxy) is 1. The molecule has 1 aromatic heterocycles. The Balaban J connectivity index is 1.53.